The van der Waals surface area contributed by atoms with Crippen LogP contribution in [-0.2, 0) is 11.2 Å². The zero-order valence-electron chi connectivity index (χ0n) is 10.8. The van der Waals surface area contributed by atoms with E-state index in [9.17, 15) is 9.59 Å². The summed E-state index contributed by atoms with van der Waals surface area (Å²) in [5.74, 6) is -0.306. The Balaban J connectivity index is 2.58. The first kappa shape index (κ1) is 14.2. The number of benzene rings is 1. The number of hydrogen-bond donors (Lipinski definition) is 2. The van der Waals surface area contributed by atoms with Gasteiger partial charge in [-0.05, 0) is 24.3 Å². The monoisotopic (exact) mass is 248 g/mol. The van der Waals surface area contributed by atoms with Gasteiger partial charge in [0.15, 0.2) is 0 Å². The van der Waals surface area contributed by atoms with Crippen molar-refractivity contribution >= 4 is 11.9 Å². The van der Waals surface area contributed by atoms with E-state index < -0.39 is 6.03 Å². The van der Waals surface area contributed by atoms with E-state index in [1.807, 2.05) is 44.2 Å². The van der Waals surface area contributed by atoms with Crippen LogP contribution in [0.15, 0.2) is 30.3 Å². The van der Waals surface area contributed by atoms with Crippen LogP contribution in [0, 0.1) is 11.8 Å². The third kappa shape index (κ3) is 4.57. The second-order valence-corrected chi connectivity index (χ2v) is 4.73. The van der Waals surface area contributed by atoms with E-state index in [1.54, 1.807) is 0 Å². The molecule has 1 aromatic rings. The van der Waals surface area contributed by atoms with Gasteiger partial charge in [-0.15, -0.1) is 0 Å². The van der Waals surface area contributed by atoms with E-state index >= 15 is 0 Å². The predicted octanol–water partition coefficient (Wildman–Crippen LogP) is 2.09. The lowest BCUT2D eigenvalue weighted by Crippen LogP contribution is -2.40. The van der Waals surface area contributed by atoms with Gasteiger partial charge in [-0.2, -0.15) is 0 Å². The highest BCUT2D eigenvalue weighted by atomic mass is 16.2. The van der Waals surface area contributed by atoms with Crippen LogP contribution >= 0.6 is 0 Å². The second kappa shape index (κ2) is 6.79. The average Bonchev–Trinajstić information content (AvgIpc) is 2.29. The molecule has 0 spiro atoms. The number of carbonyl (C=O) groups is 2. The molecule has 4 heteroatoms. The highest BCUT2D eigenvalue weighted by Crippen LogP contribution is 2.18. The molecule has 1 aromatic carbocycles. The molecule has 1 atom stereocenters. The van der Waals surface area contributed by atoms with Gasteiger partial charge in [0, 0.05) is 5.92 Å². The summed E-state index contributed by atoms with van der Waals surface area (Å²) in [6.45, 7) is 3.94. The fourth-order valence-corrected chi connectivity index (χ4v) is 1.95. The number of hydrogen-bond acceptors (Lipinski definition) is 2. The summed E-state index contributed by atoms with van der Waals surface area (Å²) in [5, 5.41) is 2.16. The third-order valence-electron chi connectivity index (χ3n) is 2.97. The van der Waals surface area contributed by atoms with Gasteiger partial charge in [0.2, 0.25) is 5.91 Å². The largest absolute Gasteiger partial charge is 0.351 e. The molecular weight excluding hydrogens is 228 g/mol. The summed E-state index contributed by atoms with van der Waals surface area (Å²) in [5.41, 5.74) is 6.16. The van der Waals surface area contributed by atoms with Gasteiger partial charge < -0.3 is 5.73 Å². The first-order valence-corrected chi connectivity index (χ1v) is 6.15. The van der Waals surface area contributed by atoms with Gasteiger partial charge in [-0.1, -0.05) is 44.2 Å². The van der Waals surface area contributed by atoms with Gasteiger partial charge in [0.05, 0.1) is 0 Å². The molecule has 1 rings (SSSR count). The summed E-state index contributed by atoms with van der Waals surface area (Å²) in [6, 6.07) is 9.19. The molecule has 0 fully saturated rings. The molecule has 1 unspecified atom stereocenters. The van der Waals surface area contributed by atoms with E-state index in [0.717, 1.165) is 6.42 Å². The van der Waals surface area contributed by atoms with Crippen molar-refractivity contribution in [2.45, 2.75) is 26.7 Å². The van der Waals surface area contributed by atoms with Gasteiger partial charge >= 0.3 is 6.03 Å². The van der Waals surface area contributed by atoms with Crippen LogP contribution in [0.25, 0.3) is 0 Å². The molecule has 0 aliphatic heterocycles. The van der Waals surface area contributed by atoms with Crippen LogP contribution < -0.4 is 11.1 Å². The maximum atomic E-state index is 11.8. The maximum absolute atomic E-state index is 11.8. The number of carbonyl (C=O) groups excluding carboxylic acids is 2. The van der Waals surface area contributed by atoms with Crippen molar-refractivity contribution in [1.29, 1.82) is 0 Å². The normalized spacial score (nSPS) is 12.2. The molecule has 0 saturated heterocycles. The minimum absolute atomic E-state index is 0.174. The van der Waals surface area contributed by atoms with Crippen LogP contribution in [0.5, 0.6) is 0 Å². The van der Waals surface area contributed by atoms with Gasteiger partial charge in [0.1, 0.15) is 0 Å². The fraction of sp³-hybridized carbons (Fsp3) is 0.429. The van der Waals surface area contributed by atoms with Crippen molar-refractivity contribution in [3.8, 4) is 0 Å². The zero-order valence-corrected chi connectivity index (χ0v) is 10.8. The Kier molecular flexibility index (Phi) is 5.36. The maximum Gasteiger partial charge on any atom is 0.318 e. The van der Waals surface area contributed by atoms with Crippen LogP contribution in [-0.4, -0.2) is 11.9 Å². The molecule has 3 amide bonds. The van der Waals surface area contributed by atoms with Crippen molar-refractivity contribution in [2.24, 2.45) is 17.6 Å². The molecular formula is C14H20N2O2. The molecule has 0 saturated carbocycles. The van der Waals surface area contributed by atoms with Gasteiger partial charge in [-0.25, -0.2) is 4.79 Å². The minimum Gasteiger partial charge on any atom is -0.351 e. The van der Waals surface area contributed by atoms with Crippen LogP contribution in [0.1, 0.15) is 25.8 Å². The second-order valence-electron chi connectivity index (χ2n) is 4.73. The summed E-state index contributed by atoms with van der Waals surface area (Å²) in [4.78, 5) is 22.5. The molecule has 0 aliphatic rings. The zero-order chi connectivity index (χ0) is 13.5. The third-order valence-corrected chi connectivity index (χ3v) is 2.97. The van der Waals surface area contributed by atoms with Crippen LogP contribution in [0.3, 0.4) is 0 Å². The molecule has 0 heterocycles. The Morgan fingerprint density at radius 1 is 1.22 bits per heavy atom. The number of imide groups is 1. The Bertz CT molecular complexity index is 402. The number of aryl methyl sites for hydroxylation is 1. The first-order chi connectivity index (χ1) is 8.50. The number of nitrogens with one attached hydrogen (secondary N) is 1. The lowest BCUT2D eigenvalue weighted by atomic mass is 9.89. The quantitative estimate of drug-likeness (QED) is 0.837. The van der Waals surface area contributed by atoms with Crippen molar-refractivity contribution in [3.05, 3.63) is 35.9 Å². The lowest BCUT2D eigenvalue weighted by Gasteiger charge is -2.19. The highest BCUT2D eigenvalue weighted by molar-refractivity contribution is 5.94. The predicted molar refractivity (Wildman–Crippen MR) is 70.8 cm³/mol. The molecule has 0 aromatic heterocycles. The Labute approximate surface area is 108 Å². The smallest absolute Gasteiger partial charge is 0.318 e. The standard InChI is InChI=1S/C14H20N2O2/c1-10(2)12(13(17)16-14(15)18)9-8-11-6-4-3-5-7-11/h3-7,10,12H,8-9H2,1-2H3,(H3,15,16,17,18). The molecule has 98 valence electrons. The summed E-state index contributed by atoms with van der Waals surface area (Å²) in [6.07, 6.45) is 1.52. The summed E-state index contributed by atoms with van der Waals surface area (Å²) >= 11 is 0. The molecule has 18 heavy (non-hydrogen) atoms. The topological polar surface area (TPSA) is 72.2 Å². The lowest BCUT2D eigenvalue weighted by molar-refractivity contribution is -0.125. The summed E-state index contributed by atoms with van der Waals surface area (Å²) in [7, 11) is 0. The van der Waals surface area contributed by atoms with E-state index in [-0.39, 0.29) is 17.7 Å². The highest BCUT2D eigenvalue weighted by Gasteiger charge is 2.22. The fourth-order valence-electron chi connectivity index (χ4n) is 1.95. The molecule has 0 aliphatic carbocycles. The van der Waals surface area contributed by atoms with Crippen LogP contribution in [0.4, 0.5) is 4.79 Å². The summed E-state index contributed by atoms with van der Waals surface area (Å²) < 4.78 is 0. The number of primary amides is 1. The average molecular weight is 248 g/mol. The Morgan fingerprint density at radius 2 is 1.83 bits per heavy atom. The number of urea groups is 1. The molecule has 0 radical (unpaired) electrons. The van der Waals surface area contributed by atoms with Crippen molar-refractivity contribution in [2.75, 3.05) is 0 Å². The Morgan fingerprint density at radius 3 is 2.33 bits per heavy atom. The first-order valence-electron chi connectivity index (χ1n) is 6.15. The molecule has 3 N–H and O–H groups in total. The number of rotatable bonds is 5. The van der Waals surface area contributed by atoms with Crippen molar-refractivity contribution in [1.82, 2.24) is 5.32 Å². The SMILES string of the molecule is CC(C)C(CCc1ccccc1)C(=O)NC(N)=O. The van der Waals surface area contributed by atoms with E-state index in [2.05, 4.69) is 5.32 Å². The van der Waals surface area contributed by atoms with Crippen molar-refractivity contribution in [3.63, 3.8) is 0 Å². The number of amides is 3. The van der Waals surface area contributed by atoms with E-state index in [1.165, 1.54) is 5.56 Å². The van der Waals surface area contributed by atoms with Gasteiger partial charge in [-0.3, -0.25) is 10.1 Å². The minimum atomic E-state index is -0.787. The number of nitrogens with two attached hydrogens (primary N) is 1. The van der Waals surface area contributed by atoms with Gasteiger partial charge in [0.25, 0.3) is 0 Å². The molecule has 4 nitrogen and oxygen atoms in total. The van der Waals surface area contributed by atoms with E-state index in [0.29, 0.717) is 6.42 Å². The Hall–Kier alpha value is -1.84. The van der Waals surface area contributed by atoms with E-state index in [4.69, 9.17) is 5.73 Å². The van der Waals surface area contributed by atoms with Crippen LogP contribution in [0.2, 0.25) is 0 Å². The molecule has 0 bridgehead atoms. The van der Waals surface area contributed by atoms with Crippen molar-refractivity contribution < 1.29 is 9.59 Å².